The van der Waals surface area contributed by atoms with Crippen LogP contribution in [0.2, 0.25) is 0 Å². The van der Waals surface area contributed by atoms with Gasteiger partial charge in [-0.1, -0.05) is 39.5 Å². The minimum Gasteiger partial charge on any atom is -0.449 e. The van der Waals surface area contributed by atoms with Gasteiger partial charge in [-0.05, 0) is 38.6 Å². The molecule has 1 amide bonds. The van der Waals surface area contributed by atoms with E-state index >= 15 is 0 Å². The quantitative estimate of drug-likeness (QED) is 0.645. The number of rotatable bonds is 9. The average molecular weight is 368 g/mol. The van der Waals surface area contributed by atoms with E-state index in [0.29, 0.717) is 23.7 Å². The van der Waals surface area contributed by atoms with E-state index in [1.54, 1.807) is 11.3 Å². The van der Waals surface area contributed by atoms with Gasteiger partial charge in [0.25, 0.3) is 0 Å². The molecule has 1 aromatic rings. The zero-order valence-electron chi connectivity index (χ0n) is 15.9. The topological polar surface area (TPSA) is 54.5 Å². The van der Waals surface area contributed by atoms with Crippen LogP contribution in [0.5, 0.6) is 0 Å². The monoisotopic (exact) mass is 367 g/mol. The van der Waals surface area contributed by atoms with Gasteiger partial charge in [0.1, 0.15) is 0 Å². The van der Waals surface area contributed by atoms with Crippen molar-refractivity contribution in [3.05, 3.63) is 11.1 Å². The zero-order valence-corrected chi connectivity index (χ0v) is 16.7. The van der Waals surface area contributed by atoms with E-state index in [4.69, 9.17) is 4.74 Å². The van der Waals surface area contributed by atoms with Crippen LogP contribution in [0, 0.1) is 5.92 Å². The molecule has 6 heteroatoms. The highest BCUT2D eigenvalue weighted by molar-refractivity contribution is 7.15. The van der Waals surface area contributed by atoms with Crippen molar-refractivity contribution in [1.29, 1.82) is 0 Å². The minimum absolute atomic E-state index is 0.387. The number of amides is 1. The summed E-state index contributed by atoms with van der Waals surface area (Å²) in [6.07, 6.45) is 9.90. The number of piperidine rings is 1. The smallest absolute Gasteiger partial charge is 0.413 e. The van der Waals surface area contributed by atoms with Crippen molar-refractivity contribution < 1.29 is 9.53 Å². The first kappa shape index (κ1) is 20.2. The summed E-state index contributed by atoms with van der Waals surface area (Å²) in [7, 11) is 0. The number of thiazole rings is 1. The number of nitrogens with one attached hydrogen (secondary N) is 1. The standard InChI is InChI=1S/C19H33N3O2S/c1-4-6-10-16(5-2)14-24-19(23)21-18-20-12-17(25-18)13-22-11-8-7-9-15(22)3/h12,15-16H,4-11,13-14H2,1-3H3,(H,20,21,23). The van der Waals surface area contributed by atoms with Crippen molar-refractivity contribution in [2.24, 2.45) is 5.92 Å². The Morgan fingerprint density at radius 1 is 1.48 bits per heavy atom. The Hall–Kier alpha value is -1.14. The number of hydrogen-bond donors (Lipinski definition) is 1. The largest absolute Gasteiger partial charge is 0.449 e. The van der Waals surface area contributed by atoms with Crippen molar-refractivity contribution in [3.63, 3.8) is 0 Å². The van der Waals surface area contributed by atoms with E-state index in [9.17, 15) is 4.79 Å². The van der Waals surface area contributed by atoms with Gasteiger partial charge in [-0.2, -0.15) is 0 Å². The number of likely N-dealkylation sites (tertiary alicyclic amines) is 1. The van der Waals surface area contributed by atoms with Crippen molar-refractivity contribution in [3.8, 4) is 0 Å². The van der Waals surface area contributed by atoms with Crippen LogP contribution in [0.1, 0.15) is 70.6 Å². The molecule has 2 unspecified atom stereocenters. The fourth-order valence-corrected chi connectivity index (χ4v) is 4.07. The summed E-state index contributed by atoms with van der Waals surface area (Å²) in [6, 6.07) is 0.631. The predicted molar refractivity (Wildman–Crippen MR) is 104 cm³/mol. The first-order valence-electron chi connectivity index (χ1n) is 9.74. The van der Waals surface area contributed by atoms with E-state index in [1.807, 2.05) is 6.20 Å². The fraction of sp³-hybridized carbons (Fsp3) is 0.789. The number of hydrogen-bond acceptors (Lipinski definition) is 5. The van der Waals surface area contributed by atoms with Crippen LogP contribution < -0.4 is 5.32 Å². The first-order valence-corrected chi connectivity index (χ1v) is 10.6. The fourth-order valence-electron chi connectivity index (χ4n) is 3.25. The number of aromatic nitrogens is 1. The highest BCUT2D eigenvalue weighted by Gasteiger charge is 2.19. The highest BCUT2D eigenvalue weighted by Crippen LogP contribution is 2.24. The van der Waals surface area contributed by atoms with Crippen LogP contribution in [-0.2, 0) is 11.3 Å². The molecule has 2 rings (SSSR count). The SMILES string of the molecule is CCCCC(CC)COC(=O)Nc1ncc(CN2CCCCC2C)s1. The molecule has 142 valence electrons. The van der Waals surface area contributed by atoms with Crippen molar-refractivity contribution in [2.45, 2.75) is 78.3 Å². The number of nitrogens with zero attached hydrogens (tertiary/aromatic N) is 2. The lowest BCUT2D eigenvalue weighted by Crippen LogP contribution is -2.36. The maximum Gasteiger partial charge on any atom is 0.413 e. The molecule has 1 fully saturated rings. The summed E-state index contributed by atoms with van der Waals surface area (Å²) in [6.45, 7) is 9.19. The summed E-state index contributed by atoms with van der Waals surface area (Å²) in [5.41, 5.74) is 0. The molecule has 1 aliphatic rings. The Kier molecular flexibility index (Phi) is 8.68. The molecule has 25 heavy (non-hydrogen) atoms. The Morgan fingerprint density at radius 3 is 3.04 bits per heavy atom. The molecule has 1 aromatic heterocycles. The van der Waals surface area contributed by atoms with Gasteiger partial charge in [-0.3, -0.25) is 10.2 Å². The van der Waals surface area contributed by atoms with E-state index in [-0.39, 0.29) is 6.09 Å². The lowest BCUT2D eigenvalue weighted by atomic mass is 10.0. The van der Waals surface area contributed by atoms with Crippen LogP contribution in [0.4, 0.5) is 9.93 Å². The molecule has 0 aliphatic carbocycles. The number of carbonyl (C=O) groups is 1. The van der Waals surface area contributed by atoms with Crippen molar-refractivity contribution in [1.82, 2.24) is 9.88 Å². The summed E-state index contributed by atoms with van der Waals surface area (Å²) in [5.74, 6) is 0.457. The second-order valence-electron chi connectivity index (χ2n) is 7.09. The van der Waals surface area contributed by atoms with Crippen LogP contribution in [0.15, 0.2) is 6.20 Å². The number of carbonyl (C=O) groups excluding carboxylic acids is 1. The highest BCUT2D eigenvalue weighted by atomic mass is 32.1. The van der Waals surface area contributed by atoms with Crippen LogP contribution >= 0.6 is 11.3 Å². The number of ether oxygens (including phenoxy) is 1. The average Bonchev–Trinajstić information content (AvgIpc) is 3.04. The minimum atomic E-state index is -0.387. The molecule has 0 saturated carbocycles. The van der Waals surface area contributed by atoms with Gasteiger partial charge < -0.3 is 4.74 Å². The maximum atomic E-state index is 12.0. The van der Waals surface area contributed by atoms with Gasteiger partial charge in [-0.25, -0.2) is 9.78 Å². The van der Waals surface area contributed by atoms with Crippen LogP contribution in [-0.4, -0.2) is 35.2 Å². The van der Waals surface area contributed by atoms with Gasteiger partial charge in [0.2, 0.25) is 0 Å². The molecule has 1 saturated heterocycles. The Bertz CT molecular complexity index is 521. The zero-order chi connectivity index (χ0) is 18.1. The van der Waals surface area contributed by atoms with E-state index in [0.717, 1.165) is 25.9 Å². The van der Waals surface area contributed by atoms with Crippen LogP contribution in [0.25, 0.3) is 0 Å². The Labute approximate surface area is 156 Å². The van der Waals surface area contributed by atoms with Crippen LogP contribution in [0.3, 0.4) is 0 Å². The normalized spacial score (nSPS) is 19.6. The second kappa shape index (κ2) is 10.8. The molecule has 2 atom stereocenters. The molecule has 0 radical (unpaired) electrons. The first-order chi connectivity index (χ1) is 12.1. The molecular formula is C19H33N3O2S. The molecule has 5 nitrogen and oxygen atoms in total. The van der Waals surface area contributed by atoms with E-state index in [1.165, 1.54) is 37.0 Å². The van der Waals surface area contributed by atoms with Gasteiger partial charge in [-0.15, -0.1) is 11.3 Å². The third kappa shape index (κ3) is 6.94. The summed E-state index contributed by atoms with van der Waals surface area (Å²) >= 11 is 1.55. The van der Waals surface area contributed by atoms with Gasteiger partial charge in [0.15, 0.2) is 5.13 Å². The van der Waals surface area contributed by atoms with Gasteiger partial charge >= 0.3 is 6.09 Å². The molecule has 0 aromatic carbocycles. The molecule has 1 aliphatic heterocycles. The number of anilines is 1. The molecule has 1 N–H and O–H groups in total. The second-order valence-corrected chi connectivity index (χ2v) is 8.20. The third-order valence-corrected chi connectivity index (χ3v) is 5.95. The summed E-state index contributed by atoms with van der Waals surface area (Å²) in [4.78, 5) is 20.0. The Morgan fingerprint density at radius 2 is 2.32 bits per heavy atom. The third-order valence-electron chi connectivity index (χ3n) is 5.06. The maximum absolute atomic E-state index is 12.0. The van der Waals surface area contributed by atoms with Gasteiger partial charge in [0, 0.05) is 23.7 Å². The molecular weight excluding hydrogens is 334 g/mol. The predicted octanol–water partition coefficient (Wildman–Crippen LogP) is 5.28. The number of unbranched alkanes of at least 4 members (excludes halogenated alkanes) is 1. The van der Waals surface area contributed by atoms with E-state index in [2.05, 4.69) is 36.0 Å². The molecule has 0 spiro atoms. The molecule has 0 bridgehead atoms. The summed E-state index contributed by atoms with van der Waals surface area (Å²) < 4.78 is 5.38. The molecule has 2 heterocycles. The van der Waals surface area contributed by atoms with Crippen molar-refractivity contribution in [2.75, 3.05) is 18.5 Å². The van der Waals surface area contributed by atoms with Crippen molar-refractivity contribution >= 4 is 22.6 Å². The van der Waals surface area contributed by atoms with Gasteiger partial charge in [0.05, 0.1) is 6.61 Å². The summed E-state index contributed by atoms with van der Waals surface area (Å²) in [5, 5.41) is 3.40. The lowest BCUT2D eigenvalue weighted by molar-refractivity contribution is 0.136. The van der Waals surface area contributed by atoms with E-state index < -0.39 is 0 Å². The Balaban J connectivity index is 1.75. The lowest BCUT2D eigenvalue weighted by Gasteiger charge is -2.32.